The molecule has 6 nitrogen and oxygen atoms in total. The lowest BCUT2D eigenvalue weighted by molar-refractivity contribution is -0.136. The molecule has 0 fully saturated rings. The molecule has 0 radical (unpaired) electrons. The van der Waals surface area contributed by atoms with E-state index in [1.807, 2.05) is 13.8 Å². The first kappa shape index (κ1) is 9.63. The fraction of sp³-hybridized carbons (Fsp3) is 0.714. The van der Waals surface area contributed by atoms with Crippen LogP contribution in [0.5, 0.6) is 0 Å². The summed E-state index contributed by atoms with van der Waals surface area (Å²) in [6.45, 7) is 3.94. The number of hydrogen-bond donors (Lipinski definition) is 1. The summed E-state index contributed by atoms with van der Waals surface area (Å²) < 4.78 is 1.55. The largest absolute Gasteiger partial charge is 0.481 e. The zero-order chi connectivity index (χ0) is 9.84. The van der Waals surface area contributed by atoms with Crippen molar-refractivity contribution in [2.24, 2.45) is 0 Å². The third kappa shape index (κ3) is 2.24. The van der Waals surface area contributed by atoms with E-state index < -0.39 is 5.97 Å². The monoisotopic (exact) mass is 184 g/mol. The van der Waals surface area contributed by atoms with Gasteiger partial charge in [-0.1, -0.05) is 6.92 Å². The third-order valence-corrected chi connectivity index (χ3v) is 1.88. The molecule has 1 N–H and O–H groups in total. The minimum atomic E-state index is -0.917. The van der Waals surface area contributed by atoms with Gasteiger partial charge in [-0.3, -0.25) is 4.79 Å². The van der Waals surface area contributed by atoms with Gasteiger partial charge in [0.2, 0.25) is 0 Å². The molecule has 0 aliphatic rings. The van der Waals surface area contributed by atoms with Gasteiger partial charge in [0.15, 0.2) is 5.82 Å². The summed E-state index contributed by atoms with van der Waals surface area (Å²) in [5.74, 6) is -0.513. The summed E-state index contributed by atoms with van der Waals surface area (Å²) in [6, 6.07) is 0.143. The molecule has 0 spiro atoms. The van der Waals surface area contributed by atoms with Gasteiger partial charge in [0.25, 0.3) is 0 Å². The average Bonchev–Trinajstić information content (AvgIpc) is 2.50. The average molecular weight is 184 g/mol. The van der Waals surface area contributed by atoms with Crippen LogP contribution in [0.15, 0.2) is 0 Å². The van der Waals surface area contributed by atoms with E-state index in [1.54, 1.807) is 4.68 Å². The third-order valence-electron chi connectivity index (χ3n) is 1.88. The Morgan fingerprint density at radius 3 is 2.92 bits per heavy atom. The van der Waals surface area contributed by atoms with Crippen molar-refractivity contribution in [1.29, 1.82) is 0 Å². The molecule has 0 saturated heterocycles. The number of aliphatic carboxylic acids is 1. The molecule has 0 saturated carbocycles. The molecule has 1 atom stereocenters. The maximum Gasteiger partial charge on any atom is 0.311 e. The number of hydrogen-bond acceptors (Lipinski definition) is 4. The van der Waals surface area contributed by atoms with Gasteiger partial charge in [0.05, 0.1) is 6.04 Å². The Hall–Kier alpha value is -1.46. The van der Waals surface area contributed by atoms with E-state index in [9.17, 15) is 4.79 Å². The number of nitrogens with zero attached hydrogens (tertiary/aromatic N) is 4. The van der Waals surface area contributed by atoms with Crippen molar-refractivity contribution >= 4 is 5.97 Å². The Balaban J connectivity index is 2.82. The molecule has 1 heterocycles. The van der Waals surface area contributed by atoms with Crippen LogP contribution in [-0.2, 0) is 11.2 Å². The Morgan fingerprint density at radius 1 is 1.69 bits per heavy atom. The minimum Gasteiger partial charge on any atom is -0.481 e. The second kappa shape index (κ2) is 3.97. The Morgan fingerprint density at radius 2 is 2.38 bits per heavy atom. The topological polar surface area (TPSA) is 80.9 Å². The Bertz CT molecular complexity index is 296. The summed E-state index contributed by atoms with van der Waals surface area (Å²) in [5.41, 5.74) is 0. The molecule has 0 amide bonds. The van der Waals surface area contributed by atoms with Gasteiger partial charge in [0.1, 0.15) is 6.42 Å². The smallest absolute Gasteiger partial charge is 0.311 e. The summed E-state index contributed by atoms with van der Waals surface area (Å²) in [5, 5.41) is 19.4. The first-order valence-electron chi connectivity index (χ1n) is 4.13. The zero-order valence-electron chi connectivity index (χ0n) is 7.64. The highest BCUT2D eigenvalue weighted by Crippen LogP contribution is 2.09. The predicted molar refractivity (Wildman–Crippen MR) is 44.2 cm³/mol. The van der Waals surface area contributed by atoms with E-state index in [4.69, 9.17) is 5.11 Å². The normalized spacial score (nSPS) is 12.8. The molecule has 0 aliphatic heterocycles. The van der Waals surface area contributed by atoms with Gasteiger partial charge >= 0.3 is 5.97 Å². The van der Waals surface area contributed by atoms with E-state index >= 15 is 0 Å². The second-order valence-corrected chi connectivity index (χ2v) is 2.87. The first-order valence-corrected chi connectivity index (χ1v) is 4.13. The van der Waals surface area contributed by atoms with Crippen LogP contribution in [0, 0.1) is 0 Å². The van der Waals surface area contributed by atoms with Crippen LogP contribution in [-0.4, -0.2) is 31.3 Å². The standard InChI is InChI=1S/C7H12N4O2/c1-3-5(2)11-6(4-7(12)13)8-9-10-11/h5H,3-4H2,1-2H3,(H,12,13). The molecule has 1 rings (SSSR count). The number of carbonyl (C=O) groups is 1. The molecule has 72 valence electrons. The number of tetrazole rings is 1. The molecule has 6 heteroatoms. The molecule has 1 unspecified atom stereocenters. The van der Waals surface area contributed by atoms with E-state index in [0.717, 1.165) is 6.42 Å². The lowest BCUT2D eigenvalue weighted by Crippen LogP contribution is -2.13. The number of carboxylic acid groups (broad SMARTS) is 1. The summed E-state index contributed by atoms with van der Waals surface area (Å²) in [4.78, 5) is 10.4. The summed E-state index contributed by atoms with van der Waals surface area (Å²) in [7, 11) is 0. The molecule has 0 bridgehead atoms. The lowest BCUT2D eigenvalue weighted by Gasteiger charge is -2.08. The van der Waals surface area contributed by atoms with Crippen molar-refractivity contribution in [3.8, 4) is 0 Å². The van der Waals surface area contributed by atoms with Crippen molar-refractivity contribution in [3.63, 3.8) is 0 Å². The first-order chi connectivity index (χ1) is 6.15. The van der Waals surface area contributed by atoms with E-state index in [-0.39, 0.29) is 12.5 Å². The van der Waals surface area contributed by atoms with Gasteiger partial charge in [-0.2, -0.15) is 0 Å². The van der Waals surface area contributed by atoms with Gasteiger partial charge in [-0.15, -0.1) is 5.10 Å². The van der Waals surface area contributed by atoms with E-state index in [0.29, 0.717) is 5.82 Å². The van der Waals surface area contributed by atoms with E-state index in [1.165, 1.54) is 0 Å². The lowest BCUT2D eigenvalue weighted by atomic mass is 10.2. The summed E-state index contributed by atoms with van der Waals surface area (Å²) >= 11 is 0. The van der Waals surface area contributed by atoms with E-state index in [2.05, 4.69) is 15.5 Å². The highest BCUT2D eigenvalue weighted by atomic mass is 16.4. The number of aromatic nitrogens is 4. The molecule has 0 aromatic carbocycles. The molecular formula is C7H12N4O2. The SMILES string of the molecule is CCC(C)n1nnnc1CC(=O)O. The number of carboxylic acids is 1. The predicted octanol–water partition coefficient (Wildman–Crippen LogP) is 0.271. The molecule has 1 aromatic heterocycles. The van der Waals surface area contributed by atoms with Crippen LogP contribution in [0.1, 0.15) is 32.1 Å². The summed E-state index contributed by atoms with van der Waals surface area (Å²) in [6.07, 6.45) is 0.745. The maximum atomic E-state index is 10.4. The quantitative estimate of drug-likeness (QED) is 0.726. The fourth-order valence-electron chi connectivity index (χ4n) is 0.979. The van der Waals surface area contributed by atoms with Gasteiger partial charge in [-0.05, 0) is 23.8 Å². The fourth-order valence-corrected chi connectivity index (χ4v) is 0.979. The van der Waals surface area contributed by atoms with Crippen LogP contribution in [0.4, 0.5) is 0 Å². The molecule has 1 aromatic rings. The second-order valence-electron chi connectivity index (χ2n) is 2.87. The van der Waals surface area contributed by atoms with Crippen LogP contribution < -0.4 is 0 Å². The van der Waals surface area contributed by atoms with Crippen LogP contribution in [0.25, 0.3) is 0 Å². The van der Waals surface area contributed by atoms with Crippen molar-refractivity contribution in [1.82, 2.24) is 20.2 Å². The van der Waals surface area contributed by atoms with Gasteiger partial charge in [0, 0.05) is 0 Å². The maximum absolute atomic E-state index is 10.4. The van der Waals surface area contributed by atoms with Gasteiger partial charge in [-0.25, -0.2) is 4.68 Å². The van der Waals surface area contributed by atoms with Crippen molar-refractivity contribution < 1.29 is 9.90 Å². The number of rotatable bonds is 4. The van der Waals surface area contributed by atoms with Crippen molar-refractivity contribution in [2.75, 3.05) is 0 Å². The minimum absolute atomic E-state index is 0.128. The van der Waals surface area contributed by atoms with Crippen LogP contribution >= 0.6 is 0 Å². The van der Waals surface area contributed by atoms with Crippen LogP contribution in [0.2, 0.25) is 0 Å². The Labute approximate surface area is 75.6 Å². The van der Waals surface area contributed by atoms with Crippen LogP contribution in [0.3, 0.4) is 0 Å². The van der Waals surface area contributed by atoms with Crippen molar-refractivity contribution in [3.05, 3.63) is 5.82 Å². The Kier molecular flexibility index (Phi) is 2.94. The highest BCUT2D eigenvalue weighted by molar-refractivity contribution is 5.68. The molecule has 13 heavy (non-hydrogen) atoms. The molecule has 0 aliphatic carbocycles. The van der Waals surface area contributed by atoms with Gasteiger partial charge < -0.3 is 5.11 Å². The zero-order valence-corrected chi connectivity index (χ0v) is 7.64. The van der Waals surface area contributed by atoms with Crippen molar-refractivity contribution in [2.45, 2.75) is 32.7 Å². The highest BCUT2D eigenvalue weighted by Gasteiger charge is 2.13. The molecular weight excluding hydrogens is 172 g/mol.